The second-order valence-electron chi connectivity index (χ2n) is 5.89. The first-order valence-corrected chi connectivity index (χ1v) is 7.36. The van der Waals surface area contributed by atoms with Crippen LogP contribution in [0.2, 0.25) is 0 Å². The molecule has 1 aliphatic heterocycles. The first kappa shape index (κ1) is 15.9. The molecule has 0 aliphatic carbocycles. The molecule has 1 saturated heterocycles. The second kappa shape index (κ2) is 6.54. The van der Waals surface area contributed by atoms with Crippen LogP contribution in [0.15, 0.2) is 18.2 Å². The summed E-state index contributed by atoms with van der Waals surface area (Å²) in [4.78, 5) is 16.4. The van der Waals surface area contributed by atoms with Gasteiger partial charge >= 0.3 is 0 Å². The number of halogens is 1. The van der Waals surface area contributed by atoms with Gasteiger partial charge in [0.25, 0.3) is 5.91 Å². The van der Waals surface area contributed by atoms with Crippen LogP contribution in [-0.4, -0.2) is 59.1 Å². The maximum atomic E-state index is 14.1. The van der Waals surface area contributed by atoms with E-state index >= 15 is 0 Å². The number of aryl methyl sites for hydroxylation is 1. The number of amides is 1. The highest BCUT2D eigenvalue weighted by Crippen LogP contribution is 2.18. The number of aliphatic hydroxyl groups excluding tert-OH is 1. The molecule has 0 bridgehead atoms. The summed E-state index contributed by atoms with van der Waals surface area (Å²) in [5.41, 5.74) is 0.632. The molecule has 0 spiro atoms. The van der Waals surface area contributed by atoms with Gasteiger partial charge in [0.1, 0.15) is 5.82 Å². The number of aliphatic hydroxyl groups is 1. The molecule has 1 aliphatic rings. The van der Waals surface area contributed by atoms with Crippen molar-refractivity contribution in [1.29, 1.82) is 0 Å². The molecule has 1 heterocycles. The van der Waals surface area contributed by atoms with Crippen LogP contribution >= 0.6 is 0 Å². The van der Waals surface area contributed by atoms with Gasteiger partial charge in [0, 0.05) is 32.2 Å². The van der Waals surface area contributed by atoms with Gasteiger partial charge in [0.15, 0.2) is 0 Å². The van der Waals surface area contributed by atoms with Crippen molar-refractivity contribution in [3.05, 3.63) is 35.1 Å². The molecular weight excluding hydrogens is 271 g/mol. The third kappa shape index (κ3) is 3.60. The van der Waals surface area contributed by atoms with Crippen molar-refractivity contribution in [2.75, 3.05) is 26.2 Å². The molecule has 1 fully saturated rings. The van der Waals surface area contributed by atoms with E-state index in [1.54, 1.807) is 36.9 Å². The number of hydrogen-bond acceptors (Lipinski definition) is 3. The van der Waals surface area contributed by atoms with Gasteiger partial charge < -0.3 is 10.0 Å². The zero-order valence-electron chi connectivity index (χ0n) is 12.8. The molecule has 0 aromatic heterocycles. The largest absolute Gasteiger partial charge is 0.392 e. The Morgan fingerprint density at radius 2 is 2.19 bits per heavy atom. The van der Waals surface area contributed by atoms with Gasteiger partial charge in [-0.1, -0.05) is 12.1 Å². The summed E-state index contributed by atoms with van der Waals surface area (Å²) in [6.45, 7) is 7.93. The van der Waals surface area contributed by atoms with Crippen molar-refractivity contribution in [3.63, 3.8) is 0 Å². The van der Waals surface area contributed by atoms with Crippen LogP contribution < -0.4 is 0 Å². The van der Waals surface area contributed by atoms with Gasteiger partial charge in [-0.3, -0.25) is 9.69 Å². The lowest BCUT2D eigenvalue weighted by Crippen LogP contribution is -2.55. The van der Waals surface area contributed by atoms with E-state index in [0.717, 1.165) is 0 Å². The molecule has 116 valence electrons. The van der Waals surface area contributed by atoms with E-state index in [2.05, 4.69) is 4.90 Å². The Hall–Kier alpha value is -1.46. The predicted octanol–water partition coefficient (Wildman–Crippen LogP) is 1.66. The Morgan fingerprint density at radius 3 is 2.81 bits per heavy atom. The molecule has 5 heteroatoms. The Morgan fingerprint density at radius 1 is 1.48 bits per heavy atom. The van der Waals surface area contributed by atoms with Gasteiger partial charge in [0.05, 0.1) is 11.7 Å². The van der Waals surface area contributed by atoms with Crippen LogP contribution in [0.1, 0.15) is 29.8 Å². The maximum Gasteiger partial charge on any atom is 0.257 e. The molecule has 1 N–H and O–H groups in total. The quantitative estimate of drug-likeness (QED) is 0.922. The number of nitrogens with zero attached hydrogens (tertiary/aromatic N) is 2. The lowest BCUT2D eigenvalue weighted by molar-refractivity contribution is 0.0379. The summed E-state index contributed by atoms with van der Waals surface area (Å²) >= 11 is 0. The average Bonchev–Trinajstić information content (AvgIpc) is 2.40. The van der Waals surface area contributed by atoms with Crippen LogP contribution in [0.5, 0.6) is 0 Å². The van der Waals surface area contributed by atoms with Gasteiger partial charge in [-0.15, -0.1) is 0 Å². The fourth-order valence-electron chi connectivity index (χ4n) is 2.84. The van der Waals surface area contributed by atoms with E-state index in [0.29, 0.717) is 31.7 Å². The van der Waals surface area contributed by atoms with E-state index in [1.807, 2.05) is 6.92 Å². The maximum absolute atomic E-state index is 14.1. The van der Waals surface area contributed by atoms with E-state index in [1.165, 1.54) is 0 Å². The van der Waals surface area contributed by atoms with Gasteiger partial charge in [0.2, 0.25) is 0 Å². The molecular formula is C16H23FN2O2. The Labute approximate surface area is 125 Å². The average molecular weight is 294 g/mol. The minimum absolute atomic E-state index is 0.00455. The number of β-amino-alcohol motifs (C(OH)–C–C–N with tert-alkyl or cyclic N) is 1. The van der Waals surface area contributed by atoms with Crippen LogP contribution in [-0.2, 0) is 0 Å². The first-order valence-electron chi connectivity index (χ1n) is 7.36. The summed E-state index contributed by atoms with van der Waals surface area (Å²) in [6.07, 6.45) is -0.381. The fourth-order valence-corrected chi connectivity index (χ4v) is 2.84. The zero-order chi connectivity index (χ0) is 15.6. The summed E-state index contributed by atoms with van der Waals surface area (Å²) in [5.74, 6) is -0.679. The number of carbonyl (C=O) groups excluding carboxylic acids is 1. The highest BCUT2D eigenvalue weighted by Gasteiger charge is 2.29. The number of hydrogen-bond donors (Lipinski definition) is 1. The van der Waals surface area contributed by atoms with Crippen LogP contribution in [0, 0.1) is 12.7 Å². The molecule has 0 unspecified atom stereocenters. The summed E-state index contributed by atoms with van der Waals surface area (Å²) in [5, 5.41) is 9.44. The number of piperazine rings is 1. The van der Waals surface area contributed by atoms with Gasteiger partial charge in [-0.2, -0.15) is 0 Å². The third-order valence-corrected chi connectivity index (χ3v) is 3.92. The van der Waals surface area contributed by atoms with E-state index in [-0.39, 0.29) is 23.6 Å². The smallest absolute Gasteiger partial charge is 0.257 e. The molecule has 4 nitrogen and oxygen atoms in total. The van der Waals surface area contributed by atoms with Crippen LogP contribution in [0.4, 0.5) is 4.39 Å². The van der Waals surface area contributed by atoms with E-state index in [9.17, 15) is 14.3 Å². The third-order valence-electron chi connectivity index (χ3n) is 3.92. The first-order chi connectivity index (χ1) is 9.90. The SMILES string of the molecule is Cc1cccc(C(=O)N2CCN(C[C@@H](C)O)C[C@H]2C)c1F. The minimum atomic E-state index is -0.430. The van der Waals surface area contributed by atoms with Crippen molar-refractivity contribution in [2.45, 2.75) is 32.9 Å². The monoisotopic (exact) mass is 294 g/mol. The van der Waals surface area contributed by atoms with Crippen molar-refractivity contribution in [3.8, 4) is 0 Å². The standard InChI is InChI=1S/C16H23FN2O2/c1-11-5-4-6-14(15(11)17)16(21)19-8-7-18(9-12(19)2)10-13(3)20/h4-6,12-13,20H,7-10H2,1-3H3/t12-,13-/m1/s1. The Bertz CT molecular complexity index is 519. The topological polar surface area (TPSA) is 43.8 Å². The van der Waals surface area contributed by atoms with Crippen LogP contribution in [0.3, 0.4) is 0 Å². The molecule has 1 amide bonds. The lowest BCUT2D eigenvalue weighted by Gasteiger charge is -2.40. The van der Waals surface area contributed by atoms with E-state index in [4.69, 9.17) is 0 Å². The molecule has 1 aromatic carbocycles. The normalized spacial score (nSPS) is 21.4. The molecule has 1 aromatic rings. The highest BCUT2D eigenvalue weighted by atomic mass is 19.1. The molecule has 0 saturated carbocycles. The Kier molecular flexibility index (Phi) is 4.96. The predicted molar refractivity (Wildman–Crippen MR) is 79.8 cm³/mol. The summed E-state index contributed by atoms with van der Waals surface area (Å²) < 4.78 is 14.1. The Balaban J connectivity index is 2.09. The number of rotatable bonds is 3. The van der Waals surface area contributed by atoms with Crippen molar-refractivity contribution < 1.29 is 14.3 Å². The second-order valence-corrected chi connectivity index (χ2v) is 5.89. The van der Waals surface area contributed by atoms with Gasteiger partial charge in [-0.05, 0) is 32.4 Å². The van der Waals surface area contributed by atoms with Gasteiger partial charge in [-0.25, -0.2) is 4.39 Å². The fraction of sp³-hybridized carbons (Fsp3) is 0.562. The zero-order valence-corrected chi connectivity index (χ0v) is 12.8. The molecule has 2 rings (SSSR count). The summed E-state index contributed by atoms with van der Waals surface area (Å²) in [7, 11) is 0. The number of carbonyl (C=O) groups is 1. The minimum Gasteiger partial charge on any atom is -0.392 e. The molecule has 0 radical (unpaired) electrons. The number of benzene rings is 1. The molecule has 2 atom stereocenters. The van der Waals surface area contributed by atoms with Crippen molar-refractivity contribution in [1.82, 2.24) is 9.80 Å². The highest BCUT2D eigenvalue weighted by molar-refractivity contribution is 5.95. The van der Waals surface area contributed by atoms with Crippen molar-refractivity contribution in [2.24, 2.45) is 0 Å². The summed E-state index contributed by atoms with van der Waals surface area (Å²) in [6, 6.07) is 4.92. The van der Waals surface area contributed by atoms with Crippen molar-refractivity contribution >= 4 is 5.91 Å². The van der Waals surface area contributed by atoms with E-state index < -0.39 is 5.82 Å². The van der Waals surface area contributed by atoms with Crippen LogP contribution in [0.25, 0.3) is 0 Å². The lowest BCUT2D eigenvalue weighted by atomic mass is 10.1. The molecule has 21 heavy (non-hydrogen) atoms.